The van der Waals surface area contributed by atoms with Crippen LogP contribution in [0, 0.1) is 11.8 Å². The highest BCUT2D eigenvalue weighted by molar-refractivity contribution is 5.83. The maximum atomic E-state index is 12.4. The molecule has 1 aromatic carbocycles. The Labute approximate surface area is 113 Å². The summed E-state index contributed by atoms with van der Waals surface area (Å²) in [5, 5.41) is 9.89. The predicted molar refractivity (Wildman–Crippen MR) is 72.2 cm³/mol. The summed E-state index contributed by atoms with van der Waals surface area (Å²) in [7, 11) is 0. The van der Waals surface area contributed by atoms with Gasteiger partial charge in [-0.15, -0.1) is 0 Å². The van der Waals surface area contributed by atoms with Crippen molar-refractivity contribution in [2.75, 3.05) is 13.1 Å². The van der Waals surface area contributed by atoms with Gasteiger partial charge in [0.25, 0.3) is 0 Å². The van der Waals surface area contributed by atoms with E-state index < -0.39 is 6.04 Å². The summed E-state index contributed by atoms with van der Waals surface area (Å²) >= 11 is 0. The monoisotopic (exact) mass is 260 g/mol. The number of carbonyl (C=O) groups excluding carboxylic acids is 1. The topological polar surface area (TPSA) is 66.6 Å². The van der Waals surface area contributed by atoms with Crippen molar-refractivity contribution >= 4 is 5.91 Å². The van der Waals surface area contributed by atoms with Crippen molar-refractivity contribution in [3.05, 3.63) is 35.9 Å². The fourth-order valence-corrected chi connectivity index (χ4v) is 3.42. The Morgan fingerprint density at radius 3 is 2.68 bits per heavy atom. The summed E-state index contributed by atoms with van der Waals surface area (Å²) in [6.45, 7) is 1.41. The molecule has 2 aliphatic rings. The van der Waals surface area contributed by atoms with E-state index in [0.717, 1.165) is 24.9 Å². The lowest BCUT2D eigenvalue weighted by Gasteiger charge is -2.22. The van der Waals surface area contributed by atoms with Gasteiger partial charge in [-0.05, 0) is 24.3 Å². The van der Waals surface area contributed by atoms with Crippen LogP contribution in [0.15, 0.2) is 30.3 Å². The largest absolute Gasteiger partial charge is 0.393 e. The molecule has 4 atom stereocenters. The van der Waals surface area contributed by atoms with Crippen LogP contribution in [-0.4, -0.2) is 35.1 Å². The maximum absolute atomic E-state index is 12.4. The first-order chi connectivity index (χ1) is 9.16. The van der Waals surface area contributed by atoms with Crippen LogP contribution in [0.5, 0.6) is 0 Å². The molecule has 2 fully saturated rings. The lowest BCUT2D eigenvalue weighted by Crippen LogP contribution is -2.38. The van der Waals surface area contributed by atoms with Gasteiger partial charge in [0.05, 0.1) is 6.10 Å². The van der Waals surface area contributed by atoms with Crippen LogP contribution in [0.25, 0.3) is 0 Å². The molecule has 1 aliphatic heterocycles. The summed E-state index contributed by atoms with van der Waals surface area (Å²) < 4.78 is 0. The molecule has 1 heterocycles. The standard InChI is InChI=1S/C15H20N2O2/c16-14(10-4-2-1-3-5-10)15(19)17-8-11-6-7-13(18)12(11)9-17/h1-5,11-14,18H,6-9,16H2. The van der Waals surface area contributed by atoms with Crippen molar-refractivity contribution in [2.24, 2.45) is 17.6 Å². The third-order valence-corrected chi connectivity index (χ3v) is 4.56. The lowest BCUT2D eigenvalue weighted by molar-refractivity contribution is -0.132. The summed E-state index contributed by atoms with van der Waals surface area (Å²) in [4.78, 5) is 14.2. The molecule has 1 amide bonds. The van der Waals surface area contributed by atoms with Gasteiger partial charge >= 0.3 is 0 Å². The minimum Gasteiger partial charge on any atom is -0.393 e. The van der Waals surface area contributed by atoms with E-state index in [4.69, 9.17) is 5.73 Å². The Hall–Kier alpha value is -1.39. The van der Waals surface area contributed by atoms with Crippen LogP contribution in [0.3, 0.4) is 0 Å². The highest BCUT2D eigenvalue weighted by atomic mass is 16.3. The van der Waals surface area contributed by atoms with Gasteiger partial charge < -0.3 is 15.7 Å². The fourth-order valence-electron chi connectivity index (χ4n) is 3.42. The number of rotatable bonds is 2. The predicted octanol–water partition coefficient (Wildman–Crippen LogP) is 0.916. The number of fused-ring (bicyclic) bond motifs is 1. The van der Waals surface area contributed by atoms with Gasteiger partial charge in [0.2, 0.25) is 5.91 Å². The number of aliphatic hydroxyl groups is 1. The molecule has 19 heavy (non-hydrogen) atoms. The molecule has 102 valence electrons. The van der Waals surface area contributed by atoms with E-state index in [1.807, 2.05) is 35.2 Å². The third kappa shape index (κ3) is 2.26. The molecular formula is C15H20N2O2. The number of hydrogen-bond acceptors (Lipinski definition) is 3. The molecule has 0 aromatic heterocycles. The molecule has 1 aromatic rings. The summed E-state index contributed by atoms with van der Waals surface area (Å²) in [6.07, 6.45) is 1.66. The van der Waals surface area contributed by atoms with Crippen molar-refractivity contribution in [1.82, 2.24) is 4.90 Å². The van der Waals surface area contributed by atoms with Crippen LogP contribution in [0.4, 0.5) is 0 Å². The summed E-state index contributed by atoms with van der Waals surface area (Å²) in [6, 6.07) is 8.88. The van der Waals surface area contributed by atoms with E-state index in [0.29, 0.717) is 12.5 Å². The number of aliphatic hydroxyl groups excluding tert-OH is 1. The Morgan fingerprint density at radius 2 is 2.00 bits per heavy atom. The van der Waals surface area contributed by atoms with Gasteiger partial charge in [0.15, 0.2) is 0 Å². The zero-order valence-electron chi connectivity index (χ0n) is 10.9. The quantitative estimate of drug-likeness (QED) is 0.831. The normalized spacial score (nSPS) is 31.3. The van der Waals surface area contributed by atoms with Crippen LogP contribution in [-0.2, 0) is 4.79 Å². The van der Waals surface area contributed by atoms with Crippen LogP contribution >= 0.6 is 0 Å². The maximum Gasteiger partial charge on any atom is 0.244 e. The lowest BCUT2D eigenvalue weighted by atomic mass is 10.00. The molecular weight excluding hydrogens is 240 g/mol. The number of hydrogen-bond donors (Lipinski definition) is 2. The van der Waals surface area contributed by atoms with Gasteiger partial charge in [-0.1, -0.05) is 30.3 Å². The van der Waals surface area contributed by atoms with Gasteiger partial charge in [0, 0.05) is 19.0 Å². The Bertz CT molecular complexity index is 462. The molecule has 4 unspecified atom stereocenters. The van der Waals surface area contributed by atoms with Crippen LogP contribution in [0.1, 0.15) is 24.4 Å². The molecule has 3 N–H and O–H groups in total. The van der Waals surface area contributed by atoms with Gasteiger partial charge in [0.1, 0.15) is 6.04 Å². The van der Waals surface area contributed by atoms with E-state index >= 15 is 0 Å². The van der Waals surface area contributed by atoms with Crippen molar-refractivity contribution in [1.29, 1.82) is 0 Å². The second-order valence-corrected chi connectivity index (χ2v) is 5.70. The highest BCUT2D eigenvalue weighted by Gasteiger charge is 2.44. The number of benzene rings is 1. The summed E-state index contributed by atoms with van der Waals surface area (Å²) in [5.74, 6) is 0.696. The van der Waals surface area contributed by atoms with Crippen LogP contribution < -0.4 is 5.73 Å². The Balaban J connectivity index is 1.69. The zero-order chi connectivity index (χ0) is 13.4. The molecule has 0 spiro atoms. The molecule has 0 radical (unpaired) electrons. The van der Waals surface area contributed by atoms with E-state index in [1.54, 1.807) is 0 Å². The van der Waals surface area contributed by atoms with Crippen molar-refractivity contribution < 1.29 is 9.90 Å². The number of nitrogens with two attached hydrogens (primary N) is 1. The first-order valence-electron chi connectivity index (χ1n) is 6.94. The minimum atomic E-state index is -0.586. The SMILES string of the molecule is NC(C(=O)N1CC2CCC(O)C2C1)c1ccccc1. The fraction of sp³-hybridized carbons (Fsp3) is 0.533. The molecule has 1 saturated heterocycles. The van der Waals surface area contributed by atoms with E-state index in [1.165, 1.54) is 0 Å². The van der Waals surface area contributed by atoms with Gasteiger partial charge in [-0.3, -0.25) is 4.79 Å². The third-order valence-electron chi connectivity index (χ3n) is 4.56. The number of nitrogens with zero attached hydrogens (tertiary/aromatic N) is 1. The number of carbonyl (C=O) groups is 1. The molecule has 1 aliphatic carbocycles. The molecule has 4 heteroatoms. The zero-order valence-corrected chi connectivity index (χ0v) is 10.9. The molecule has 4 nitrogen and oxygen atoms in total. The number of amides is 1. The van der Waals surface area contributed by atoms with Crippen molar-refractivity contribution in [2.45, 2.75) is 25.0 Å². The van der Waals surface area contributed by atoms with Crippen molar-refractivity contribution in [3.8, 4) is 0 Å². The smallest absolute Gasteiger partial charge is 0.244 e. The average molecular weight is 260 g/mol. The van der Waals surface area contributed by atoms with Gasteiger partial charge in [-0.2, -0.15) is 0 Å². The molecule has 0 bridgehead atoms. The first kappa shape index (κ1) is 12.6. The highest BCUT2D eigenvalue weighted by Crippen LogP contribution is 2.38. The first-order valence-corrected chi connectivity index (χ1v) is 6.94. The van der Waals surface area contributed by atoms with E-state index in [-0.39, 0.29) is 17.9 Å². The second-order valence-electron chi connectivity index (χ2n) is 5.70. The molecule has 3 rings (SSSR count). The second kappa shape index (κ2) is 4.94. The van der Waals surface area contributed by atoms with Crippen LogP contribution in [0.2, 0.25) is 0 Å². The van der Waals surface area contributed by atoms with E-state index in [9.17, 15) is 9.90 Å². The average Bonchev–Trinajstić information content (AvgIpc) is 3.01. The number of likely N-dealkylation sites (tertiary alicyclic amines) is 1. The molecule has 1 saturated carbocycles. The van der Waals surface area contributed by atoms with Crippen molar-refractivity contribution in [3.63, 3.8) is 0 Å². The van der Waals surface area contributed by atoms with Gasteiger partial charge in [-0.25, -0.2) is 0 Å². The Morgan fingerprint density at radius 1 is 1.26 bits per heavy atom. The summed E-state index contributed by atoms with van der Waals surface area (Å²) in [5.41, 5.74) is 6.90. The Kier molecular flexibility index (Phi) is 3.29. The van der Waals surface area contributed by atoms with E-state index in [2.05, 4.69) is 0 Å². The minimum absolute atomic E-state index is 0.0206.